The van der Waals surface area contributed by atoms with Crippen molar-refractivity contribution in [1.82, 2.24) is 0 Å². The van der Waals surface area contributed by atoms with Gasteiger partial charge in [0.05, 0.1) is 24.0 Å². The molecule has 2 aromatic carbocycles. The van der Waals surface area contributed by atoms with E-state index in [-0.39, 0.29) is 6.04 Å². The van der Waals surface area contributed by atoms with Crippen LogP contribution >= 0.6 is 15.9 Å². The average Bonchev–Trinajstić information content (AvgIpc) is 2.48. The molecule has 5 heteroatoms. The van der Waals surface area contributed by atoms with E-state index in [1.807, 2.05) is 31.2 Å². The Morgan fingerprint density at radius 2 is 2.00 bits per heavy atom. The number of carbonyl (C=O) groups excluding carboxylic acids is 1. The van der Waals surface area contributed by atoms with E-state index in [0.717, 1.165) is 10.0 Å². The van der Waals surface area contributed by atoms with Gasteiger partial charge < -0.3 is 15.8 Å². The van der Waals surface area contributed by atoms with Crippen LogP contribution in [0.1, 0.15) is 28.9 Å². The van der Waals surface area contributed by atoms with E-state index in [1.165, 1.54) is 7.11 Å². The minimum absolute atomic E-state index is 0.00407. The van der Waals surface area contributed by atoms with E-state index in [9.17, 15) is 4.79 Å². The smallest absolute Gasteiger partial charge is 0.340 e. The molecule has 0 amide bonds. The molecule has 0 aliphatic heterocycles. The first-order chi connectivity index (χ1) is 10.0. The van der Waals surface area contributed by atoms with Gasteiger partial charge in [0.2, 0.25) is 0 Å². The van der Waals surface area contributed by atoms with Crippen LogP contribution in [0.15, 0.2) is 46.9 Å². The number of nitrogens with two attached hydrogens (primary N) is 1. The van der Waals surface area contributed by atoms with Gasteiger partial charge in [0.1, 0.15) is 0 Å². The van der Waals surface area contributed by atoms with Crippen LogP contribution < -0.4 is 11.1 Å². The zero-order chi connectivity index (χ0) is 15.4. The molecule has 2 rings (SSSR count). The quantitative estimate of drug-likeness (QED) is 0.647. The summed E-state index contributed by atoms with van der Waals surface area (Å²) in [6.45, 7) is 2.01. The number of hydrogen-bond acceptors (Lipinski definition) is 4. The lowest BCUT2D eigenvalue weighted by molar-refractivity contribution is 0.0602. The van der Waals surface area contributed by atoms with Crippen molar-refractivity contribution in [3.63, 3.8) is 0 Å². The van der Waals surface area contributed by atoms with Crippen molar-refractivity contribution in [2.24, 2.45) is 0 Å². The third-order valence-corrected chi connectivity index (χ3v) is 3.70. The fraction of sp³-hybridized carbons (Fsp3) is 0.188. The molecule has 4 nitrogen and oxygen atoms in total. The predicted molar refractivity (Wildman–Crippen MR) is 88.4 cm³/mol. The molecule has 0 bridgehead atoms. The zero-order valence-corrected chi connectivity index (χ0v) is 13.5. The molecular weight excluding hydrogens is 332 g/mol. The van der Waals surface area contributed by atoms with E-state index in [0.29, 0.717) is 16.9 Å². The fourth-order valence-corrected chi connectivity index (χ4v) is 2.50. The Labute approximate surface area is 132 Å². The number of carbonyl (C=O) groups is 1. The first-order valence-electron chi connectivity index (χ1n) is 6.51. The molecule has 2 aromatic rings. The highest BCUT2D eigenvalue weighted by molar-refractivity contribution is 9.10. The number of nitrogen functional groups attached to an aromatic ring is 1. The molecule has 1 unspecified atom stereocenters. The second-order valence-corrected chi connectivity index (χ2v) is 5.60. The highest BCUT2D eigenvalue weighted by Crippen LogP contribution is 2.29. The molecular formula is C16H17BrN2O2. The maximum Gasteiger partial charge on any atom is 0.340 e. The lowest BCUT2D eigenvalue weighted by Crippen LogP contribution is -2.13. The number of esters is 1. The van der Waals surface area contributed by atoms with E-state index in [4.69, 9.17) is 10.5 Å². The van der Waals surface area contributed by atoms with Crippen molar-refractivity contribution in [3.8, 4) is 0 Å². The van der Waals surface area contributed by atoms with Gasteiger partial charge in [-0.05, 0) is 36.8 Å². The van der Waals surface area contributed by atoms with Crippen molar-refractivity contribution < 1.29 is 9.53 Å². The van der Waals surface area contributed by atoms with Crippen molar-refractivity contribution in [3.05, 3.63) is 58.1 Å². The van der Waals surface area contributed by atoms with Crippen LogP contribution in [0.25, 0.3) is 0 Å². The number of anilines is 2. The molecule has 1 atom stereocenters. The van der Waals surface area contributed by atoms with E-state index >= 15 is 0 Å². The van der Waals surface area contributed by atoms with E-state index < -0.39 is 5.97 Å². The van der Waals surface area contributed by atoms with Crippen LogP contribution in [-0.2, 0) is 4.74 Å². The number of nitrogens with one attached hydrogen (secondary N) is 1. The van der Waals surface area contributed by atoms with Crippen LogP contribution in [0.2, 0.25) is 0 Å². The Morgan fingerprint density at radius 1 is 1.29 bits per heavy atom. The summed E-state index contributed by atoms with van der Waals surface area (Å²) in [7, 11) is 1.35. The maximum atomic E-state index is 11.8. The SMILES string of the molecule is COC(=O)c1cccc(N)c1NC(C)c1cccc(Br)c1. The minimum Gasteiger partial charge on any atom is -0.465 e. The lowest BCUT2D eigenvalue weighted by atomic mass is 10.1. The van der Waals surface area contributed by atoms with Gasteiger partial charge in [0, 0.05) is 10.5 Å². The molecule has 0 aromatic heterocycles. The Hall–Kier alpha value is -2.01. The van der Waals surface area contributed by atoms with Crippen molar-refractivity contribution in [2.45, 2.75) is 13.0 Å². The standard InChI is InChI=1S/C16H17BrN2O2/c1-10(11-5-3-6-12(17)9-11)19-15-13(16(20)21-2)7-4-8-14(15)18/h3-10,19H,18H2,1-2H3. The topological polar surface area (TPSA) is 64.3 Å². The van der Waals surface area contributed by atoms with Crippen molar-refractivity contribution in [2.75, 3.05) is 18.2 Å². The number of para-hydroxylation sites is 1. The largest absolute Gasteiger partial charge is 0.465 e. The van der Waals surface area contributed by atoms with Gasteiger partial charge in [0.15, 0.2) is 0 Å². The Bertz CT molecular complexity index is 658. The van der Waals surface area contributed by atoms with Crippen LogP contribution in [0, 0.1) is 0 Å². The molecule has 0 spiro atoms. The first kappa shape index (κ1) is 15.4. The summed E-state index contributed by atoms with van der Waals surface area (Å²) in [6.07, 6.45) is 0. The second kappa shape index (κ2) is 6.63. The van der Waals surface area contributed by atoms with E-state index in [2.05, 4.69) is 21.2 Å². The molecule has 0 aliphatic carbocycles. The van der Waals surface area contributed by atoms with Crippen molar-refractivity contribution >= 4 is 33.3 Å². The number of halogens is 1. The number of methoxy groups -OCH3 is 1. The Balaban J connectivity index is 2.33. The summed E-state index contributed by atoms with van der Waals surface area (Å²) >= 11 is 3.45. The summed E-state index contributed by atoms with van der Waals surface area (Å²) in [5.41, 5.74) is 8.62. The van der Waals surface area contributed by atoms with Gasteiger partial charge in [-0.3, -0.25) is 0 Å². The van der Waals surface area contributed by atoms with Crippen LogP contribution in [-0.4, -0.2) is 13.1 Å². The third-order valence-electron chi connectivity index (χ3n) is 3.21. The Kier molecular flexibility index (Phi) is 4.85. The molecule has 21 heavy (non-hydrogen) atoms. The van der Waals surface area contributed by atoms with Gasteiger partial charge in [-0.2, -0.15) is 0 Å². The minimum atomic E-state index is -0.411. The molecule has 0 heterocycles. The van der Waals surface area contributed by atoms with Gasteiger partial charge in [0.25, 0.3) is 0 Å². The average molecular weight is 349 g/mol. The van der Waals surface area contributed by atoms with Gasteiger partial charge in [-0.15, -0.1) is 0 Å². The highest BCUT2D eigenvalue weighted by atomic mass is 79.9. The summed E-state index contributed by atoms with van der Waals surface area (Å²) < 4.78 is 5.80. The summed E-state index contributed by atoms with van der Waals surface area (Å²) in [6, 6.07) is 13.1. The molecule has 3 N–H and O–H groups in total. The van der Waals surface area contributed by atoms with Crippen LogP contribution in [0.5, 0.6) is 0 Å². The summed E-state index contributed by atoms with van der Waals surface area (Å²) in [4.78, 5) is 11.8. The third kappa shape index (κ3) is 3.55. The summed E-state index contributed by atoms with van der Waals surface area (Å²) in [5, 5.41) is 3.29. The molecule has 0 saturated heterocycles. The Morgan fingerprint density at radius 3 is 2.67 bits per heavy atom. The van der Waals surface area contributed by atoms with Gasteiger partial charge in [-0.25, -0.2) is 4.79 Å². The molecule has 0 saturated carbocycles. The predicted octanol–water partition coefficient (Wildman–Crippen LogP) is 3.99. The number of rotatable bonds is 4. The lowest BCUT2D eigenvalue weighted by Gasteiger charge is -2.19. The molecule has 0 aliphatic rings. The molecule has 0 radical (unpaired) electrons. The van der Waals surface area contributed by atoms with E-state index in [1.54, 1.807) is 18.2 Å². The van der Waals surface area contributed by atoms with Crippen LogP contribution in [0.4, 0.5) is 11.4 Å². The van der Waals surface area contributed by atoms with Gasteiger partial charge >= 0.3 is 5.97 Å². The maximum absolute atomic E-state index is 11.8. The highest BCUT2D eigenvalue weighted by Gasteiger charge is 2.16. The first-order valence-corrected chi connectivity index (χ1v) is 7.31. The van der Waals surface area contributed by atoms with Gasteiger partial charge in [-0.1, -0.05) is 34.1 Å². The second-order valence-electron chi connectivity index (χ2n) is 4.68. The molecule has 0 fully saturated rings. The summed E-state index contributed by atoms with van der Waals surface area (Å²) in [5.74, 6) is -0.411. The monoisotopic (exact) mass is 348 g/mol. The number of benzene rings is 2. The zero-order valence-electron chi connectivity index (χ0n) is 11.9. The normalized spacial score (nSPS) is 11.8. The fourth-order valence-electron chi connectivity index (χ4n) is 2.09. The number of ether oxygens (including phenoxy) is 1. The molecule has 110 valence electrons. The van der Waals surface area contributed by atoms with Crippen molar-refractivity contribution in [1.29, 1.82) is 0 Å². The van der Waals surface area contributed by atoms with Crippen LogP contribution in [0.3, 0.4) is 0 Å². The number of hydrogen-bond donors (Lipinski definition) is 2.